The highest BCUT2D eigenvalue weighted by molar-refractivity contribution is 5.48. The van der Waals surface area contributed by atoms with Gasteiger partial charge in [-0.25, -0.2) is 0 Å². The summed E-state index contributed by atoms with van der Waals surface area (Å²) in [5, 5.41) is 7.88. The molecule has 108 valence electrons. The van der Waals surface area contributed by atoms with E-state index in [9.17, 15) is 0 Å². The summed E-state index contributed by atoms with van der Waals surface area (Å²) in [5.41, 5.74) is 3.47. The van der Waals surface area contributed by atoms with Crippen LogP contribution in [0.2, 0.25) is 0 Å². The first-order chi connectivity index (χ1) is 9.72. The molecule has 0 bridgehead atoms. The van der Waals surface area contributed by atoms with Gasteiger partial charge < -0.3 is 10.1 Å². The molecule has 0 atom stereocenters. The highest BCUT2D eigenvalue weighted by Crippen LogP contribution is 2.19. The average molecular weight is 273 g/mol. The highest BCUT2D eigenvalue weighted by atomic mass is 16.5. The Hall–Kier alpha value is -1.97. The Bertz CT molecular complexity index is 548. The van der Waals surface area contributed by atoms with Gasteiger partial charge in [-0.15, -0.1) is 0 Å². The predicted octanol–water partition coefficient (Wildman–Crippen LogP) is 3.38. The summed E-state index contributed by atoms with van der Waals surface area (Å²) in [4.78, 5) is 0. The lowest BCUT2D eigenvalue weighted by atomic mass is 10.2. The van der Waals surface area contributed by atoms with Crippen molar-refractivity contribution in [3.8, 4) is 5.75 Å². The number of rotatable bonds is 7. The van der Waals surface area contributed by atoms with Crippen molar-refractivity contribution in [2.75, 3.05) is 11.9 Å². The van der Waals surface area contributed by atoms with Crippen molar-refractivity contribution in [2.24, 2.45) is 7.05 Å². The number of aryl methyl sites for hydroxylation is 2. The fraction of sp³-hybridized carbons (Fsp3) is 0.438. The Balaban J connectivity index is 1.99. The zero-order chi connectivity index (χ0) is 14.4. The standard InChI is InChI=1S/C16H23N3O/c1-4-9-20-15-8-6-7-14(10-15)17-11-13-12-19(3)18-16(13)5-2/h6-8,10,12,17H,4-5,9,11H2,1-3H3. The number of anilines is 1. The van der Waals surface area contributed by atoms with Crippen LogP contribution in [0.15, 0.2) is 30.5 Å². The number of benzene rings is 1. The Morgan fingerprint density at radius 2 is 2.15 bits per heavy atom. The maximum absolute atomic E-state index is 5.64. The fourth-order valence-corrected chi connectivity index (χ4v) is 2.14. The number of hydrogen-bond acceptors (Lipinski definition) is 3. The van der Waals surface area contributed by atoms with Gasteiger partial charge in [0.25, 0.3) is 0 Å². The first-order valence-corrected chi connectivity index (χ1v) is 7.21. The van der Waals surface area contributed by atoms with E-state index in [1.807, 2.05) is 29.9 Å². The minimum absolute atomic E-state index is 0.756. The van der Waals surface area contributed by atoms with E-state index in [4.69, 9.17) is 4.74 Å². The molecule has 0 unspecified atom stereocenters. The molecule has 0 spiro atoms. The summed E-state index contributed by atoms with van der Waals surface area (Å²) < 4.78 is 7.51. The zero-order valence-electron chi connectivity index (χ0n) is 12.5. The molecule has 0 aliphatic rings. The molecule has 2 aromatic rings. The van der Waals surface area contributed by atoms with Gasteiger partial charge in [0.1, 0.15) is 5.75 Å². The van der Waals surface area contributed by atoms with Crippen LogP contribution < -0.4 is 10.1 Å². The Morgan fingerprint density at radius 3 is 2.90 bits per heavy atom. The van der Waals surface area contributed by atoms with Crippen molar-refractivity contribution >= 4 is 5.69 Å². The van der Waals surface area contributed by atoms with E-state index in [0.717, 1.165) is 43.1 Å². The molecule has 4 nitrogen and oxygen atoms in total. The molecule has 2 rings (SSSR count). The summed E-state index contributed by atoms with van der Waals surface area (Å²) in [6, 6.07) is 8.10. The third-order valence-electron chi connectivity index (χ3n) is 3.12. The quantitative estimate of drug-likeness (QED) is 0.840. The fourth-order valence-electron chi connectivity index (χ4n) is 2.14. The number of nitrogens with one attached hydrogen (secondary N) is 1. The Kier molecular flexibility index (Phi) is 5.04. The van der Waals surface area contributed by atoms with Crippen LogP contribution in [0.4, 0.5) is 5.69 Å². The lowest BCUT2D eigenvalue weighted by molar-refractivity contribution is 0.317. The topological polar surface area (TPSA) is 39.1 Å². The van der Waals surface area contributed by atoms with Gasteiger partial charge in [-0.3, -0.25) is 4.68 Å². The Labute approximate surface area is 120 Å². The summed E-state index contributed by atoms with van der Waals surface area (Å²) in [5.74, 6) is 0.916. The van der Waals surface area contributed by atoms with Crippen LogP contribution in [0, 0.1) is 0 Å². The van der Waals surface area contributed by atoms with Crippen molar-refractivity contribution < 1.29 is 4.74 Å². The van der Waals surface area contributed by atoms with Gasteiger partial charge in [0.05, 0.1) is 12.3 Å². The summed E-state index contributed by atoms with van der Waals surface area (Å²) in [6.07, 6.45) is 4.05. The van der Waals surface area contributed by atoms with E-state index in [2.05, 4.69) is 36.5 Å². The van der Waals surface area contributed by atoms with Crippen molar-refractivity contribution in [1.29, 1.82) is 0 Å². The lowest BCUT2D eigenvalue weighted by Gasteiger charge is -2.09. The second-order valence-electron chi connectivity index (χ2n) is 4.86. The third-order valence-corrected chi connectivity index (χ3v) is 3.12. The van der Waals surface area contributed by atoms with Gasteiger partial charge >= 0.3 is 0 Å². The summed E-state index contributed by atoms with van der Waals surface area (Å²) >= 11 is 0. The van der Waals surface area contributed by atoms with Crippen molar-refractivity contribution in [3.05, 3.63) is 41.7 Å². The molecule has 20 heavy (non-hydrogen) atoms. The van der Waals surface area contributed by atoms with Crippen LogP contribution in [0.3, 0.4) is 0 Å². The molecule has 0 radical (unpaired) electrons. The predicted molar refractivity (Wildman–Crippen MR) is 82.1 cm³/mol. The zero-order valence-corrected chi connectivity index (χ0v) is 12.5. The van der Waals surface area contributed by atoms with Crippen molar-refractivity contribution in [3.63, 3.8) is 0 Å². The number of nitrogens with zero attached hydrogens (tertiary/aromatic N) is 2. The molecule has 1 aromatic heterocycles. The normalized spacial score (nSPS) is 10.6. The van der Waals surface area contributed by atoms with E-state index in [1.165, 1.54) is 5.56 Å². The number of hydrogen-bond donors (Lipinski definition) is 1. The largest absolute Gasteiger partial charge is 0.494 e. The molecule has 4 heteroatoms. The van der Waals surface area contributed by atoms with E-state index in [-0.39, 0.29) is 0 Å². The average Bonchev–Trinajstić information content (AvgIpc) is 2.83. The second kappa shape index (κ2) is 6.98. The van der Waals surface area contributed by atoms with Gasteiger partial charge in [-0.2, -0.15) is 5.10 Å². The monoisotopic (exact) mass is 273 g/mol. The van der Waals surface area contributed by atoms with E-state index in [1.54, 1.807) is 0 Å². The molecule has 0 amide bonds. The molecular weight excluding hydrogens is 250 g/mol. The van der Waals surface area contributed by atoms with E-state index < -0.39 is 0 Å². The SMILES string of the molecule is CCCOc1cccc(NCc2cn(C)nc2CC)c1. The van der Waals surface area contributed by atoms with Crippen LogP contribution in [0.1, 0.15) is 31.5 Å². The third kappa shape index (κ3) is 3.76. The molecule has 1 N–H and O–H groups in total. The van der Waals surface area contributed by atoms with Crippen LogP contribution >= 0.6 is 0 Å². The summed E-state index contributed by atoms with van der Waals surface area (Å²) in [6.45, 7) is 5.78. The van der Waals surface area contributed by atoms with E-state index in [0.29, 0.717) is 0 Å². The van der Waals surface area contributed by atoms with Crippen molar-refractivity contribution in [2.45, 2.75) is 33.2 Å². The second-order valence-corrected chi connectivity index (χ2v) is 4.86. The van der Waals surface area contributed by atoms with Crippen LogP contribution in [0.5, 0.6) is 5.75 Å². The van der Waals surface area contributed by atoms with Gasteiger partial charge in [0.2, 0.25) is 0 Å². The molecule has 0 aliphatic heterocycles. The van der Waals surface area contributed by atoms with Crippen LogP contribution in [0.25, 0.3) is 0 Å². The molecule has 0 saturated carbocycles. The lowest BCUT2D eigenvalue weighted by Crippen LogP contribution is -2.02. The first-order valence-electron chi connectivity index (χ1n) is 7.21. The minimum atomic E-state index is 0.756. The van der Waals surface area contributed by atoms with E-state index >= 15 is 0 Å². The van der Waals surface area contributed by atoms with Gasteiger partial charge in [-0.1, -0.05) is 19.9 Å². The molecule has 0 aliphatic carbocycles. The Morgan fingerprint density at radius 1 is 1.30 bits per heavy atom. The smallest absolute Gasteiger partial charge is 0.121 e. The summed E-state index contributed by atoms with van der Waals surface area (Å²) in [7, 11) is 1.96. The van der Waals surface area contributed by atoms with Crippen LogP contribution in [-0.2, 0) is 20.0 Å². The number of ether oxygens (including phenoxy) is 1. The van der Waals surface area contributed by atoms with Crippen LogP contribution in [-0.4, -0.2) is 16.4 Å². The number of aromatic nitrogens is 2. The van der Waals surface area contributed by atoms with Gasteiger partial charge in [0.15, 0.2) is 0 Å². The molecule has 0 saturated heterocycles. The highest BCUT2D eigenvalue weighted by Gasteiger charge is 2.05. The van der Waals surface area contributed by atoms with Gasteiger partial charge in [-0.05, 0) is 25.0 Å². The minimum Gasteiger partial charge on any atom is -0.494 e. The molecule has 0 fully saturated rings. The molecule has 1 heterocycles. The van der Waals surface area contributed by atoms with Gasteiger partial charge in [0, 0.05) is 37.1 Å². The maximum Gasteiger partial charge on any atom is 0.121 e. The van der Waals surface area contributed by atoms with Crippen molar-refractivity contribution in [1.82, 2.24) is 9.78 Å². The maximum atomic E-state index is 5.64. The first kappa shape index (κ1) is 14.4. The molecular formula is C16H23N3O. The molecule has 1 aromatic carbocycles.